The van der Waals surface area contributed by atoms with Crippen LogP contribution in [0.25, 0.3) is 0 Å². The van der Waals surface area contributed by atoms with Crippen molar-refractivity contribution in [2.45, 2.75) is 57.4 Å². The van der Waals surface area contributed by atoms with Crippen LogP contribution in [0, 0.1) is 5.92 Å². The molecular weight excluding hydrogens is 158 g/mol. The number of hydrogen-bond donors (Lipinski definition) is 1. The average Bonchev–Trinajstić information content (AvgIpc) is 2.31. The molecule has 1 fully saturated rings. The fourth-order valence-electron chi connectivity index (χ4n) is 2.32. The molecule has 0 bridgehead atoms. The Kier molecular flexibility index (Phi) is 5.14. The summed E-state index contributed by atoms with van der Waals surface area (Å²) >= 11 is 0. The van der Waals surface area contributed by atoms with E-state index in [4.69, 9.17) is 5.73 Å². The Labute approximate surface area is 82.4 Å². The van der Waals surface area contributed by atoms with Gasteiger partial charge in [-0.15, -0.1) is 6.58 Å². The third-order valence-electron chi connectivity index (χ3n) is 3.09. The molecule has 76 valence electrons. The second kappa shape index (κ2) is 6.20. The number of rotatable bonds is 4. The molecule has 0 aromatic carbocycles. The van der Waals surface area contributed by atoms with Gasteiger partial charge in [-0.05, 0) is 31.6 Å². The van der Waals surface area contributed by atoms with Crippen LogP contribution in [0.1, 0.15) is 51.4 Å². The molecule has 1 aliphatic carbocycles. The summed E-state index contributed by atoms with van der Waals surface area (Å²) in [7, 11) is 0. The van der Waals surface area contributed by atoms with E-state index in [0.717, 1.165) is 5.92 Å². The standard InChI is InChI=1S/C12H23N/c1-2-3-4-7-11-8-5-6-9-12(13)10-11/h2,11-12H,1,3-10,13H2. The Morgan fingerprint density at radius 2 is 2.08 bits per heavy atom. The van der Waals surface area contributed by atoms with E-state index in [1.54, 1.807) is 0 Å². The van der Waals surface area contributed by atoms with Gasteiger partial charge in [-0.25, -0.2) is 0 Å². The lowest BCUT2D eigenvalue weighted by molar-refractivity contribution is 0.397. The van der Waals surface area contributed by atoms with Crippen molar-refractivity contribution in [3.8, 4) is 0 Å². The van der Waals surface area contributed by atoms with Crippen molar-refractivity contribution in [3.63, 3.8) is 0 Å². The fraction of sp³-hybridized carbons (Fsp3) is 0.833. The van der Waals surface area contributed by atoms with E-state index < -0.39 is 0 Å². The highest BCUT2D eigenvalue weighted by atomic mass is 14.6. The molecule has 0 spiro atoms. The van der Waals surface area contributed by atoms with Crippen molar-refractivity contribution in [1.29, 1.82) is 0 Å². The van der Waals surface area contributed by atoms with Gasteiger partial charge in [-0.1, -0.05) is 31.8 Å². The molecule has 2 atom stereocenters. The monoisotopic (exact) mass is 181 g/mol. The highest BCUT2D eigenvalue weighted by molar-refractivity contribution is 4.74. The van der Waals surface area contributed by atoms with Gasteiger partial charge in [0.1, 0.15) is 0 Å². The number of hydrogen-bond acceptors (Lipinski definition) is 1. The van der Waals surface area contributed by atoms with Crippen molar-refractivity contribution in [2.75, 3.05) is 0 Å². The van der Waals surface area contributed by atoms with Gasteiger partial charge in [-0.3, -0.25) is 0 Å². The summed E-state index contributed by atoms with van der Waals surface area (Å²) in [5, 5.41) is 0. The molecule has 0 radical (unpaired) electrons. The van der Waals surface area contributed by atoms with Crippen LogP contribution in [-0.4, -0.2) is 6.04 Å². The van der Waals surface area contributed by atoms with E-state index in [1.807, 2.05) is 6.08 Å². The Bertz CT molecular complexity index is 142. The highest BCUT2D eigenvalue weighted by Crippen LogP contribution is 2.26. The summed E-state index contributed by atoms with van der Waals surface area (Å²) < 4.78 is 0. The van der Waals surface area contributed by atoms with Crippen LogP contribution in [-0.2, 0) is 0 Å². The minimum Gasteiger partial charge on any atom is -0.328 e. The number of nitrogens with two attached hydrogens (primary N) is 1. The second-order valence-electron chi connectivity index (χ2n) is 4.37. The largest absolute Gasteiger partial charge is 0.328 e. The SMILES string of the molecule is C=CCCCC1CCCCC(N)C1. The molecule has 2 unspecified atom stereocenters. The minimum atomic E-state index is 0.483. The normalized spacial score (nSPS) is 29.6. The predicted octanol–water partition coefficient (Wildman–Crippen LogP) is 3.25. The summed E-state index contributed by atoms with van der Waals surface area (Å²) in [6.45, 7) is 3.75. The molecule has 0 aliphatic heterocycles. The van der Waals surface area contributed by atoms with E-state index in [2.05, 4.69) is 6.58 Å². The average molecular weight is 181 g/mol. The molecule has 0 aromatic rings. The Morgan fingerprint density at radius 3 is 2.85 bits per heavy atom. The van der Waals surface area contributed by atoms with Gasteiger partial charge in [0.2, 0.25) is 0 Å². The van der Waals surface area contributed by atoms with E-state index in [9.17, 15) is 0 Å². The van der Waals surface area contributed by atoms with E-state index in [1.165, 1.54) is 51.4 Å². The van der Waals surface area contributed by atoms with Crippen molar-refractivity contribution in [1.82, 2.24) is 0 Å². The maximum absolute atomic E-state index is 6.01. The molecule has 0 amide bonds. The van der Waals surface area contributed by atoms with Crippen LogP contribution in [0.15, 0.2) is 12.7 Å². The molecular formula is C12H23N. The molecule has 0 aromatic heterocycles. The van der Waals surface area contributed by atoms with Crippen LogP contribution in [0.2, 0.25) is 0 Å². The number of unbranched alkanes of at least 4 members (excludes halogenated alkanes) is 1. The van der Waals surface area contributed by atoms with Gasteiger partial charge < -0.3 is 5.73 Å². The molecule has 13 heavy (non-hydrogen) atoms. The summed E-state index contributed by atoms with van der Waals surface area (Å²) in [6.07, 6.45) is 12.5. The van der Waals surface area contributed by atoms with Gasteiger partial charge in [0.05, 0.1) is 0 Å². The van der Waals surface area contributed by atoms with Crippen molar-refractivity contribution in [2.24, 2.45) is 11.7 Å². The zero-order valence-corrected chi connectivity index (χ0v) is 8.67. The summed E-state index contributed by atoms with van der Waals surface area (Å²) in [5.74, 6) is 0.900. The van der Waals surface area contributed by atoms with Crippen molar-refractivity contribution in [3.05, 3.63) is 12.7 Å². The first kappa shape index (κ1) is 10.8. The molecule has 1 heteroatoms. The first-order valence-corrected chi connectivity index (χ1v) is 5.69. The molecule has 1 nitrogen and oxygen atoms in total. The van der Waals surface area contributed by atoms with Crippen LogP contribution < -0.4 is 5.73 Å². The van der Waals surface area contributed by atoms with Crippen LogP contribution >= 0.6 is 0 Å². The molecule has 1 saturated carbocycles. The zero-order valence-electron chi connectivity index (χ0n) is 8.67. The topological polar surface area (TPSA) is 26.0 Å². The summed E-state index contributed by atoms with van der Waals surface area (Å²) in [6, 6.07) is 0.483. The van der Waals surface area contributed by atoms with E-state index >= 15 is 0 Å². The minimum absolute atomic E-state index is 0.483. The van der Waals surface area contributed by atoms with Gasteiger partial charge >= 0.3 is 0 Å². The lowest BCUT2D eigenvalue weighted by atomic mass is 9.93. The second-order valence-corrected chi connectivity index (χ2v) is 4.37. The smallest absolute Gasteiger partial charge is 0.00414 e. The maximum atomic E-state index is 6.01. The molecule has 2 N–H and O–H groups in total. The van der Waals surface area contributed by atoms with Gasteiger partial charge in [-0.2, -0.15) is 0 Å². The van der Waals surface area contributed by atoms with E-state index in [-0.39, 0.29) is 0 Å². The summed E-state index contributed by atoms with van der Waals surface area (Å²) in [4.78, 5) is 0. The molecule has 0 saturated heterocycles. The van der Waals surface area contributed by atoms with Crippen molar-refractivity contribution >= 4 is 0 Å². The number of allylic oxidation sites excluding steroid dienone is 1. The van der Waals surface area contributed by atoms with Crippen LogP contribution in [0.4, 0.5) is 0 Å². The zero-order chi connectivity index (χ0) is 9.52. The lowest BCUT2D eigenvalue weighted by Gasteiger charge is -2.16. The predicted molar refractivity (Wildman–Crippen MR) is 58.6 cm³/mol. The first-order valence-electron chi connectivity index (χ1n) is 5.69. The van der Waals surface area contributed by atoms with Crippen LogP contribution in [0.3, 0.4) is 0 Å². The Hall–Kier alpha value is -0.300. The van der Waals surface area contributed by atoms with Gasteiger partial charge in [0.25, 0.3) is 0 Å². The van der Waals surface area contributed by atoms with Crippen LogP contribution in [0.5, 0.6) is 0 Å². The molecule has 0 heterocycles. The van der Waals surface area contributed by atoms with Crippen molar-refractivity contribution < 1.29 is 0 Å². The third-order valence-corrected chi connectivity index (χ3v) is 3.09. The highest BCUT2D eigenvalue weighted by Gasteiger charge is 2.16. The fourth-order valence-corrected chi connectivity index (χ4v) is 2.32. The molecule has 1 aliphatic rings. The quantitative estimate of drug-likeness (QED) is 0.402. The Balaban J connectivity index is 2.18. The van der Waals surface area contributed by atoms with Gasteiger partial charge in [0, 0.05) is 6.04 Å². The van der Waals surface area contributed by atoms with E-state index in [0.29, 0.717) is 6.04 Å². The van der Waals surface area contributed by atoms with Gasteiger partial charge in [0.15, 0.2) is 0 Å². The third kappa shape index (κ3) is 4.47. The molecule has 1 rings (SSSR count). The Morgan fingerprint density at radius 1 is 1.31 bits per heavy atom. The maximum Gasteiger partial charge on any atom is 0.00414 e. The lowest BCUT2D eigenvalue weighted by Crippen LogP contribution is -2.21. The first-order chi connectivity index (χ1) is 6.33. The summed E-state index contributed by atoms with van der Waals surface area (Å²) in [5.41, 5.74) is 6.01.